The molecule has 0 aliphatic carbocycles. The van der Waals surface area contributed by atoms with Gasteiger partial charge in [0, 0.05) is 24.9 Å². The van der Waals surface area contributed by atoms with Crippen molar-refractivity contribution in [2.24, 2.45) is 0 Å². The molecule has 2 heterocycles. The van der Waals surface area contributed by atoms with Gasteiger partial charge in [0.25, 0.3) is 5.91 Å². The molecule has 0 radical (unpaired) electrons. The quantitative estimate of drug-likeness (QED) is 0.663. The van der Waals surface area contributed by atoms with E-state index in [1.54, 1.807) is 16.9 Å². The zero-order chi connectivity index (χ0) is 18.5. The zero-order valence-electron chi connectivity index (χ0n) is 15.4. The maximum absolute atomic E-state index is 12.5. The zero-order valence-corrected chi connectivity index (χ0v) is 15.4. The van der Waals surface area contributed by atoms with Gasteiger partial charge < -0.3 is 10.1 Å². The monoisotopic (exact) mass is 352 g/mol. The van der Waals surface area contributed by atoms with Crippen LogP contribution in [0.1, 0.15) is 36.2 Å². The number of hydrogen-bond acceptors (Lipinski definition) is 4. The molecule has 0 atom stereocenters. The summed E-state index contributed by atoms with van der Waals surface area (Å²) in [6, 6.07) is 10.1. The lowest BCUT2D eigenvalue weighted by Crippen LogP contribution is -2.25. The molecule has 0 bridgehead atoms. The summed E-state index contributed by atoms with van der Waals surface area (Å²) in [7, 11) is 0. The minimum atomic E-state index is -0.168. The van der Waals surface area contributed by atoms with Gasteiger partial charge >= 0.3 is 0 Å². The van der Waals surface area contributed by atoms with E-state index in [1.807, 2.05) is 32.0 Å². The van der Waals surface area contributed by atoms with Crippen LogP contribution < -0.4 is 5.32 Å². The summed E-state index contributed by atoms with van der Waals surface area (Å²) in [5.41, 5.74) is 4.16. The summed E-state index contributed by atoms with van der Waals surface area (Å²) in [6.07, 6.45) is 4.25. The fourth-order valence-electron chi connectivity index (χ4n) is 2.68. The molecule has 0 fully saturated rings. The van der Waals surface area contributed by atoms with Crippen LogP contribution in [0.5, 0.6) is 0 Å². The third-order valence-corrected chi connectivity index (χ3v) is 4.05. The number of nitrogens with one attached hydrogen (secondary N) is 1. The molecule has 0 aliphatic rings. The second kappa shape index (κ2) is 8.10. The topological polar surface area (TPSA) is 68.5 Å². The van der Waals surface area contributed by atoms with E-state index in [4.69, 9.17) is 4.74 Å². The Balaban J connectivity index is 1.75. The molecule has 1 N–H and O–H groups in total. The molecule has 0 saturated carbocycles. The van der Waals surface area contributed by atoms with E-state index in [2.05, 4.69) is 34.5 Å². The van der Waals surface area contributed by atoms with E-state index in [9.17, 15) is 4.79 Å². The first-order valence-corrected chi connectivity index (χ1v) is 8.86. The van der Waals surface area contributed by atoms with Crippen molar-refractivity contribution in [1.82, 2.24) is 19.9 Å². The van der Waals surface area contributed by atoms with Crippen LogP contribution in [0, 0.1) is 6.92 Å². The van der Waals surface area contributed by atoms with E-state index in [0.29, 0.717) is 24.4 Å². The molecule has 3 aromatic rings. The maximum Gasteiger partial charge on any atom is 0.256 e. The fraction of sp³-hybridized carbons (Fsp3) is 0.350. The molecule has 2 aromatic heterocycles. The van der Waals surface area contributed by atoms with Crippen LogP contribution in [0.2, 0.25) is 0 Å². The molecule has 6 heteroatoms. The molecule has 3 rings (SSSR count). The third-order valence-electron chi connectivity index (χ3n) is 4.05. The number of amides is 1. The van der Waals surface area contributed by atoms with Gasteiger partial charge in [-0.1, -0.05) is 29.8 Å². The Labute approximate surface area is 153 Å². The number of carbonyl (C=O) groups excluding carboxylic acids is 1. The first kappa shape index (κ1) is 18.1. The summed E-state index contributed by atoms with van der Waals surface area (Å²) < 4.78 is 7.19. The molecular weight excluding hydrogens is 328 g/mol. The minimum absolute atomic E-state index is 0.168. The molecule has 1 amide bonds. The highest BCUT2D eigenvalue weighted by atomic mass is 16.5. The average Bonchev–Trinajstić information content (AvgIpc) is 3.06. The maximum atomic E-state index is 12.5. The van der Waals surface area contributed by atoms with Crippen LogP contribution in [0.3, 0.4) is 0 Å². The molecule has 6 nitrogen and oxygen atoms in total. The number of hydrogen-bond donors (Lipinski definition) is 1. The lowest BCUT2D eigenvalue weighted by atomic mass is 10.1. The van der Waals surface area contributed by atoms with Crippen molar-refractivity contribution in [1.29, 1.82) is 0 Å². The molecule has 0 aliphatic heterocycles. The van der Waals surface area contributed by atoms with E-state index >= 15 is 0 Å². The Morgan fingerprint density at radius 1 is 1.23 bits per heavy atom. The summed E-state index contributed by atoms with van der Waals surface area (Å²) in [6.45, 7) is 7.22. The first-order valence-electron chi connectivity index (χ1n) is 8.86. The Morgan fingerprint density at radius 3 is 2.73 bits per heavy atom. The van der Waals surface area contributed by atoms with Crippen LogP contribution >= 0.6 is 0 Å². The molecule has 0 unspecified atom stereocenters. The average molecular weight is 352 g/mol. The number of fused-ring (bicyclic) bond motifs is 1. The highest BCUT2D eigenvalue weighted by Crippen LogP contribution is 2.21. The number of nitrogens with zero attached hydrogens (tertiary/aromatic N) is 3. The van der Waals surface area contributed by atoms with Crippen molar-refractivity contribution in [3.05, 3.63) is 53.9 Å². The summed E-state index contributed by atoms with van der Waals surface area (Å²) in [5, 5.41) is 7.28. The van der Waals surface area contributed by atoms with Crippen molar-refractivity contribution in [2.75, 3.05) is 13.2 Å². The van der Waals surface area contributed by atoms with E-state index in [1.165, 1.54) is 5.56 Å². The van der Waals surface area contributed by atoms with Crippen molar-refractivity contribution in [2.45, 2.75) is 33.3 Å². The lowest BCUT2D eigenvalue weighted by Gasteiger charge is -2.08. The minimum Gasteiger partial charge on any atom is -0.379 e. The second-order valence-corrected chi connectivity index (χ2v) is 6.52. The number of ether oxygens (including phenoxy) is 1. The summed E-state index contributed by atoms with van der Waals surface area (Å²) >= 11 is 0. The molecule has 26 heavy (non-hydrogen) atoms. The van der Waals surface area contributed by atoms with Crippen molar-refractivity contribution >= 4 is 11.6 Å². The molecule has 0 spiro atoms. The van der Waals surface area contributed by atoms with E-state index in [-0.39, 0.29) is 12.0 Å². The van der Waals surface area contributed by atoms with Gasteiger partial charge in [0.2, 0.25) is 0 Å². The van der Waals surface area contributed by atoms with E-state index in [0.717, 1.165) is 17.7 Å². The Hall–Kier alpha value is -2.73. The summed E-state index contributed by atoms with van der Waals surface area (Å²) in [5.74, 6) is -0.168. The lowest BCUT2D eigenvalue weighted by molar-refractivity contribution is 0.0757. The predicted molar refractivity (Wildman–Crippen MR) is 101 cm³/mol. The van der Waals surface area contributed by atoms with Gasteiger partial charge in [0.15, 0.2) is 5.65 Å². The second-order valence-electron chi connectivity index (χ2n) is 6.52. The number of aryl methyl sites for hydroxylation is 1. The van der Waals surface area contributed by atoms with Crippen molar-refractivity contribution in [3.63, 3.8) is 0 Å². The molecule has 136 valence electrons. The number of carbonyl (C=O) groups is 1. The number of benzene rings is 1. The largest absolute Gasteiger partial charge is 0.379 e. The number of aromatic nitrogens is 3. The molecule has 0 saturated heterocycles. The SMILES string of the molecule is Cc1ccc(-c2ccnc3c(C(=O)NCCCOC(C)C)cnn23)cc1. The van der Waals surface area contributed by atoms with Gasteiger partial charge in [-0.05, 0) is 33.3 Å². The summed E-state index contributed by atoms with van der Waals surface area (Å²) in [4.78, 5) is 16.8. The highest BCUT2D eigenvalue weighted by molar-refractivity contribution is 5.99. The molecule has 1 aromatic carbocycles. The van der Waals surface area contributed by atoms with Crippen LogP contribution in [0.15, 0.2) is 42.7 Å². The van der Waals surface area contributed by atoms with Crippen molar-refractivity contribution in [3.8, 4) is 11.3 Å². The smallest absolute Gasteiger partial charge is 0.256 e. The third kappa shape index (κ3) is 4.08. The molecular formula is C20H24N4O2. The Kier molecular flexibility index (Phi) is 5.63. The predicted octanol–water partition coefficient (Wildman–Crippen LogP) is 3.25. The standard InChI is InChI=1S/C20H24N4O2/c1-14(2)26-12-4-10-22-20(25)17-13-23-24-18(9-11-21-19(17)24)16-7-5-15(3)6-8-16/h5-9,11,13-14H,4,10,12H2,1-3H3,(H,22,25). The van der Waals surface area contributed by atoms with Crippen LogP contribution in [0.4, 0.5) is 0 Å². The van der Waals surface area contributed by atoms with Crippen LogP contribution in [-0.4, -0.2) is 39.8 Å². The Morgan fingerprint density at radius 2 is 2.00 bits per heavy atom. The van der Waals surface area contributed by atoms with Gasteiger partial charge in [-0.15, -0.1) is 0 Å². The fourth-order valence-corrected chi connectivity index (χ4v) is 2.68. The normalized spacial score (nSPS) is 11.2. The van der Waals surface area contributed by atoms with Gasteiger partial charge in [-0.3, -0.25) is 4.79 Å². The first-order chi connectivity index (χ1) is 12.6. The van der Waals surface area contributed by atoms with Gasteiger partial charge in [-0.2, -0.15) is 5.10 Å². The van der Waals surface area contributed by atoms with E-state index < -0.39 is 0 Å². The number of rotatable bonds is 7. The van der Waals surface area contributed by atoms with Crippen LogP contribution in [-0.2, 0) is 4.74 Å². The Bertz CT molecular complexity index is 884. The highest BCUT2D eigenvalue weighted by Gasteiger charge is 2.15. The van der Waals surface area contributed by atoms with Crippen LogP contribution in [0.25, 0.3) is 16.9 Å². The van der Waals surface area contributed by atoms with Gasteiger partial charge in [0.1, 0.15) is 5.56 Å². The van der Waals surface area contributed by atoms with Gasteiger partial charge in [-0.25, -0.2) is 9.50 Å². The van der Waals surface area contributed by atoms with Crippen molar-refractivity contribution < 1.29 is 9.53 Å². The van der Waals surface area contributed by atoms with Gasteiger partial charge in [0.05, 0.1) is 18.0 Å².